The lowest BCUT2D eigenvalue weighted by atomic mass is 10.4. The molecule has 0 aromatic carbocycles. The number of nitrogens with one attached hydrogen (secondary N) is 2. The third-order valence-electron chi connectivity index (χ3n) is 1.83. The number of hydrogen-bond acceptors (Lipinski definition) is 4. The number of hydrazine groups is 1. The molecule has 0 spiro atoms. The lowest BCUT2D eigenvalue weighted by Gasteiger charge is -2.04. The molecule has 4 nitrogen and oxygen atoms in total. The molecule has 2 rings (SSSR count). The van der Waals surface area contributed by atoms with Crippen LogP contribution < -0.4 is 16.6 Å². The van der Waals surface area contributed by atoms with Crippen LogP contribution in [0.3, 0.4) is 0 Å². The van der Waals surface area contributed by atoms with Gasteiger partial charge < -0.3 is 10.7 Å². The van der Waals surface area contributed by atoms with Crippen molar-refractivity contribution >= 4 is 11.6 Å². The molecule has 1 aliphatic rings. The average molecular weight is 164 g/mol. The van der Waals surface area contributed by atoms with Gasteiger partial charge in [-0.05, 0) is 25.0 Å². The van der Waals surface area contributed by atoms with Gasteiger partial charge in [0.25, 0.3) is 0 Å². The quantitative estimate of drug-likeness (QED) is 0.459. The maximum Gasteiger partial charge on any atom is 0.142 e. The number of nitrogens with two attached hydrogens (primary N) is 1. The Morgan fingerprint density at radius 3 is 2.75 bits per heavy atom. The molecule has 1 aromatic heterocycles. The van der Waals surface area contributed by atoms with E-state index in [-0.39, 0.29) is 0 Å². The van der Waals surface area contributed by atoms with E-state index in [2.05, 4.69) is 15.7 Å². The predicted octanol–water partition coefficient (Wildman–Crippen LogP) is 0.942. The van der Waals surface area contributed by atoms with E-state index in [1.807, 2.05) is 18.2 Å². The minimum absolute atomic E-state index is 0.630. The van der Waals surface area contributed by atoms with Crippen molar-refractivity contribution in [2.24, 2.45) is 5.84 Å². The van der Waals surface area contributed by atoms with Crippen LogP contribution in [0.5, 0.6) is 0 Å². The van der Waals surface area contributed by atoms with Gasteiger partial charge in [-0.25, -0.2) is 10.8 Å². The lowest BCUT2D eigenvalue weighted by molar-refractivity contribution is 1.11. The van der Waals surface area contributed by atoms with Gasteiger partial charge in [-0.3, -0.25) is 0 Å². The van der Waals surface area contributed by atoms with Gasteiger partial charge in [0.1, 0.15) is 11.6 Å². The number of pyridine rings is 1. The summed E-state index contributed by atoms with van der Waals surface area (Å²) in [5, 5.41) is 3.28. The lowest BCUT2D eigenvalue weighted by Crippen LogP contribution is -2.10. The number of nitrogen functional groups attached to an aromatic ring is 1. The summed E-state index contributed by atoms with van der Waals surface area (Å²) in [5.41, 5.74) is 2.51. The summed E-state index contributed by atoms with van der Waals surface area (Å²) >= 11 is 0. The van der Waals surface area contributed by atoms with Crippen LogP contribution in [0.2, 0.25) is 0 Å². The van der Waals surface area contributed by atoms with E-state index in [9.17, 15) is 0 Å². The number of aromatic nitrogens is 1. The highest BCUT2D eigenvalue weighted by atomic mass is 15.3. The first-order valence-corrected chi connectivity index (χ1v) is 4.09. The van der Waals surface area contributed by atoms with Crippen LogP contribution in [0.15, 0.2) is 18.2 Å². The van der Waals surface area contributed by atoms with Gasteiger partial charge in [0, 0.05) is 6.04 Å². The zero-order valence-corrected chi connectivity index (χ0v) is 6.75. The van der Waals surface area contributed by atoms with E-state index in [1.54, 1.807) is 0 Å². The maximum absolute atomic E-state index is 5.22. The summed E-state index contributed by atoms with van der Waals surface area (Å²) in [4.78, 5) is 4.22. The summed E-state index contributed by atoms with van der Waals surface area (Å²) in [6.45, 7) is 0. The summed E-state index contributed by atoms with van der Waals surface area (Å²) in [6, 6.07) is 6.33. The Bertz CT molecular complexity index is 270. The molecule has 0 atom stereocenters. The van der Waals surface area contributed by atoms with Crippen molar-refractivity contribution in [2.75, 3.05) is 10.7 Å². The Balaban J connectivity index is 2.08. The van der Waals surface area contributed by atoms with E-state index in [4.69, 9.17) is 5.84 Å². The highest BCUT2D eigenvalue weighted by Crippen LogP contribution is 2.23. The van der Waals surface area contributed by atoms with Gasteiger partial charge in [-0.15, -0.1) is 0 Å². The number of hydrogen-bond donors (Lipinski definition) is 3. The molecule has 4 N–H and O–H groups in total. The van der Waals surface area contributed by atoms with Crippen LogP contribution in [0, 0.1) is 0 Å². The first-order valence-electron chi connectivity index (χ1n) is 4.09. The smallest absolute Gasteiger partial charge is 0.142 e. The van der Waals surface area contributed by atoms with Gasteiger partial charge in [0.05, 0.1) is 0 Å². The Morgan fingerprint density at radius 2 is 2.08 bits per heavy atom. The number of nitrogens with zero attached hydrogens (tertiary/aromatic N) is 1. The monoisotopic (exact) mass is 164 g/mol. The van der Waals surface area contributed by atoms with Crippen LogP contribution in [0.1, 0.15) is 12.8 Å². The molecule has 1 aliphatic carbocycles. The van der Waals surface area contributed by atoms with Gasteiger partial charge in [0.15, 0.2) is 0 Å². The molecule has 12 heavy (non-hydrogen) atoms. The molecular weight excluding hydrogens is 152 g/mol. The highest BCUT2D eigenvalue weighted by Gasteiger charge is 2.20. The Kier molecular flexibility index (Phi) is 1.83. The minimum atomic E-state index is 0.630. The van der Waals surface area contributed by atoms with Gasteiger partial charge in [-0.1, -0.05) is 6.07 Å². The SMILES string of the molecule is NNc1cccc(NC2CC2)n1. The van der Waals surface area contributed by atoms with Gasteiger partial charge in [-0.2, -0.15) is 0 Å². The van der Waals surface area contributed by atoms with Crippen LogP contribution in [-0.4, -0.2) is 11.0 Å². The summed E-state index contributed by atoms with van der Waals surface area (Å²) in [7, 11) is 0. The third-order valence-corrected chi connectivity index (χ3v) is 1.83. The van der Waals surface area contributed by atoms with Crippen LogP contribution in [-0.2, 0) is 0 Å². The second-order valence-electron chi connectivity index (χ2n) is 2.97. The van der Waals surface area contributed by atoms with Crippen LogP contribution in [0.25, 0.3) is 0 Å². The molecule has 1 heterocycles. The highest BCUT2D eigenvalue weighted by molar-refractivity contribution is 5.45. The average Bonchev–Trinajstić information content (AvgIpc) is 2.89. The van der Waals surface area contributed by atoms with Crippen molar-refractivity contribution < 1.29 is 0 Å². The van der Waals surface area contributed by atoms with Crippen molar-refractivity contribution in [2.45, 2.75) is 18.9 Å². The molecule has 0 aliphatic heterocycles. The summed E-state index contributed by atoms with van der Waals surface area (Å²) in [6.07, 6.45) is 2.50. The molecule has 1 fully saturated rings. The Hall–Kier alpha value is -1.29. The van der Waals surface area contributed by atoms with E-state index in [0.717, 1.165) is 5.82 Å². The zero-order chi connectivity index (χ0) is 8.39. The second kappa shape index (κ2) is 2.98. The number of anilines is 2. The molecule has 64 valence electrons. The molecule has 4 heteroatoms. The van der Waals surface area contributed by atoms with Crippen molar-refractivity contribution in [3.63, 3.8) is 0 Å². The first-order chi connectivity index (χ1) is 5.88. The summed E-state index contributed by atoms with van der Waals surface area (Å²) in [5.74, 6) is 6.82. The van der Waals surface area contributed by atoms with E-state index in [0.29, 0.717) is 11.9 Å². The van der Waals surface area contributed by atoms with E-state index < -0.39 is 0 Å². The largest absolute Gasteiger partial charge is 0.367 e. The van der Waals surface area contributed by atoms with E-state index >= 15 is 0 Å². The zero-order valence-electron chi connectivity index (χ0n) is 6.75. The molecule has 1 saturated carbocycles. The minimum Gasteiger partial charge on any atom is -0.367 e. The van der Waals surface area contributed by atoms with Crippen molar-refractivity contribution in [1.29, 1.82) is 0 Å². The van der Waals surface area contributed by atoms with Gasteiger partial charge in [0.2, 0.25) is 0 Å². The van der Waals surface area contributed by atoms with Crippen molar-refractivity contribution in [3.8, 4) is 0 Å². The topological polar surface area (TPSA) is 63.0 Å². The molecule has 0 radical (unpaired) electrons. The van der Waals surface area contributed by atoms with Crippen LogP contribution >= 0.6 is 0 Å². The molecule has 0 unspecified atom stereocenters. The van der Waals surface area contributed by atoms with Crippen molar-refractivity contribution in [3.05, 3.63) is 18.2 Å². The fraction of sp³-hybridized carbons (Fsp3) is 0.375. The Labute approximate surface area is 71.1 Å². The molecule has 0 saturated heterocycles. The van der Waals surface area contributed by atoms with Gasteiger partial charge >= 0.3 is 0 Å². The molecular formula is C8H12N4. The third kappa shape index (κ3) is 1.65. The first kappa shape index (κ1) is 7.36. The standard InChI is InChI=1S/C8H12N4/c9-12-8-3-1-2-7(11-8)10-6-4-5-6/h1-3,6H,4-5,9H2,(H2,10,11,12). The van der Waals surface area contributed by atoms with Crippen molar-refractivity contribution in [1.82, 2.24) is 4.98 Å². The Morgan fingerprint density at radius 1 is 1.33 bits per heavy atom. The molecule has 1 aromatic rings. The second-order valence-corrected chi connectivity index (χ2v) is 2.97. The normalized spacial score (nSPS) is 15.8. The number of rotatable bonds is 3. The summed E-state index contributed by atoms with van der Waals surface area (Å²) < 4.78 is 0. The predicted molar refractivity (Wildman–Crippen MR) is 48.7 cm³/mol. The molecule has 0 amide bonds. The molecule has 0 bridgehead atoms. The fourth-order valence-corrected chi connectivity index (χ4v) is 1.03. The van der Waals surface area contributed by atoms with E-state index in [1.165, 1.54) is 12.8 Å². The maximum atomic E-state index is 5.22. The van der Waals surface area contributed by atoms with Crippen LogP contribution in [0.4, 0.5) is 11.6 Å². The fourth-order valence-electron chi connectivity index (χ4n) is 1.03.